The summed E-state index contributed by atoms with van der Waals surface area (Å²) < 4.78 is 0. The minimum absolute atomic E-state index is 0.00122. The zero-order chi connectivity index (χ0) is 22.1. The lowest BCUT2D eigenvalue weighted by molar-refractivity contribution is -0.140. The number of hydrogen-bond acceptors (Lipinski definition) is 3. The number of aryl methyl sites for hydroxylation is 1. The van der Waals surface area contributed by atoms with Crippen molar-refractivity contribution in [1.29, 1.82) is 0 Å². The van der Waals surface area contributed by atoms with Gasteiger partial charge in [0.1, 0.15) is 6.04 Å². The summed E-state index contributed by atoms with van der Waals surface area (Å²) in [5, 5.41) is 3.64. The number of rotatable bonds is 10. The van der Waals surface area contributed by atoms with Crippen LogP contribution in [0.1, 0.15) is 44.7 Å². The highest BCUT2D eigenvalue weighted by molar-refractivity contribution is 7.99. The van der Waals surface area contributed by atoms with Crippen molar-refractivity contribution in [3.63, 3.8) is 0 Å². The second-order valence-electron chi connectivity index (χ2n) is 7.75. The van der Waals surface area contributed by atoms with Gasteiger partial charge in [0.05, 0.1) is 0 Å². The van der Waals surface area contributed by atoms with Gasteiger partial charge in [-0.3, -0.25) is 9.59 Å². The van der Waals surface area contributed by atoms with Crippen molar-refractivity contribution >= 4 is 35.2 Å². The third-order valence-electron chi connectivity index (χ3n) is 4.69. The molecule has 1 atom stereocenters. The molecule has 6 heteroatoms. The molecule has 0 unspecified atom stereocenters. The number of nitrogens with one attached hydrogen (secondary N) is 1. The van der Waals surface area contributed by atoms with E-state index in [0.717, 1.165) is 27.7 Å². The first-order chi connectivity index (χ1) is 14.3. The van der Waals surface area contributed by atoms with Gasteiger partial charge >= 0.3 is 0 Å². The molecule has 0 spiro atoms. The molecule has 0 radical (unpaired) electrons. The molecule has 2 aromatic carbocycles. The second-order valence-corrected chi connectivity index (χ2v) is 9.36. The highest BCUT2D eigenvalue weighted by atomic mass is 35.5. The number of halogens is 1. The van der Waals surface area contributed by atoms with E-state index in [4.69, 9.17) is 11.6 Å². The first-order valence-electron chi connectivity index (χ1n) is 10.3. The van der Waals surface area contributed by atoms with E-state index < -0.39 is 6.04 Å². The average molecular weight is 447 g/mol. The van der Waals surface area contributed by atoms with Crippen molar-refractivity contribution in [2.75, 3.05) is 5.75 Å². The zero-order valence-electron chi connectivity index (χ0n) is 18.2. The van der Waals surface area contributed by atoms with E-state index in [-0.39, 0.29) is 17.9 Å². The topological polar surface area (TPSA) is 49.4 Å². The van der Waals surface area contributed by atoms with E-state index in [0.29, 0.717) is 13.0 Å². The van der Waals surface area contributed by atoms with Crippen LogP contribution in [0.4, 0.5) is 0 Å². The van der Waals surface area contributed by atoms with Gasteiger partial charge in [0.15, 0.2) is 0 Å². The van der Waals surface area contributed by atoms with Crippen molar-refractivity contribution in [2.24, 2.45) is 0 Å². The van der Waals surface area contributed by atoms with Crippen LogP contribution in [0.15, 0.2) is 53.4 Å². The van der Waals surface area contributed by atoms with Gasteiger partial charge in [-0.1, -0.05) is 41.4 Å². The molecule has 2 amide bonds. The SMILES string of the molecule is Cc1ccc(CN(C(=O)CCCSc2ccc(Cl)cc2)[C@H](C)C(=O)NC(C)C)cc1. The lowest BCUT2D eigenvalue weighted by atomic mass is 10.1. The number of carbonyl (C=O) groups excluding carboxylic acids is 2. The lowest BCUT2D eigenvalue weighted by Crippen LogP contribution is -2.49. The molecular formula is C24H31ClN2O2S. The molecule has 1 N–H and O–H groups in total. The van der Waals surface area contributed by atoms with Crippen molar-refractivity contribution in [3.05, 3.63) is 64.7 Å². The highest BCUT2D eigenvalue weighted by Crippen LogP contribution is 2.22. The van der Waals surface area contributed by atoms with Gasteiger partial charge in [0.25, 0.3) is 0 Å². The van der Waals surface area contributed by atoms with Gasteiger partial charge in [-0.15, -0.1) is 11.8 Å². The summed E-state index contributed by atoms with van der Waals surface area (Å²) in [7, 11) is 0. The summed E-state index contributed by atoms with van der Waals surface area (Å²) >= 11 is 7.62. The Morgan fingerprint density at radius 3 is 2.27 bits per heavy atom. The Bertz CT molecular complexity index is 822. The summed E-state index contributed by atoms with van der Waals surface area (Å²) in [5.41, 5.74) is 2.19. The first-order valence-corrected chi connectivity index (χ1v) is 11.7. The standard InChI is InChI=1S/C24H31ClN2O2S/c1-17(2)26-24(29)19(4)27(16-20-9-7-18(3)8-10-20)23(28)6-5-15-30-22-13-11-21(25)12-14-22/h7-14,17,19H,5-6,15-16H2,1-4H3,(H,26,29)/t19-/m1/s1. The first kappa shape index (κ1) is 24.3. The van der Waals surface area contributed by atoms with Crippen molar-refractivity contribution < 1.29 is 9.59 Å². The van der Waals surface area contributed by atoms with E-state index in [1.54, 1.807) is 23.6 Å². The largest absolute Gasteiger partial charge is 0.352 e. The van der Waals surface area contributed by atoms with Crippen LogP contribution in [-0.4, -0.2) is 34.6 Å². The van der Waals surface area contributed by atoms with Crippen LogP contribution in [0.3, 0.4) is 0 Å². The molecule has 2 aromatic rings. The van der Waals surface area contributed by atoms with Crippen LogP contribution >= 0.6 is 23.4 Å². The Labute approximate surface area is 189 Å². The van der Waals surface area contributed by atoms with E-state index in [1.807, 2.05) is 69.3 Å². The third-order valence-corrected chi connectivity index (χ3v) is 6.04. The lowest BCUT2D eigenvalue weighted by Gasteiger charge is -2.29. The average Bonchev–Trinajstić information content (AvgIpc) is 2.71. The molecule has 162 valence electrons. The quantitative estimate of drug-likeness (QED) is 0.389. The van der Waals surface area contributed by atoms with Gasteiger partial charge in [0.2, 0.25) is 11.8 Å². The van der Waals surface area contributed by atoms with Gasteiger partial charge in [-0.25, -0.2) is 0 Å². The normalized spacial score (nSPS) is 11.9. The summed E-state index contributed by atoms with van der Waals surface area (Å²) in [6.07, 6.45) is 1.15. The van der Waals surface area contributed by atoms with Gasteiger partial charge in [-0.05, 0) is 69.7 Å². The molecule has 30 heavy (non-hydrogen) atoms. The molecule has 0 aliphatic carbocycles. The van der Waals surface area contributed by atoms with Gasteiger partial charge in [0, 0.05) is 28.9 Å². The second kappa shape index (κ2) is 12.0. The van der Waals surface area contributed by atoms with Crippen molar-refractivity contribution in [1.82, 2.24) is 10.2 Å². The number of thioether (sulfide) groups is 1. The maximum Gasteiger partial charge on any atom is 0.242 e. The molecular weight excluding hydrogens is 416 g/mol. The van der Waals surface area contributed by atoms with E-state index in [1.165, 1.54) is 5.56 Å². The Kier molecular flexibility index (Phi) is 9.73. The molecule has 0 aliphatic rings. The molecule has 0 heterocycles. The summed E-state index contributed by atoms with van der Waals surface area (Å²) in [6.45, 7) is 8.10. The van der Waals surface area contributed by atoms with Crippen LogP contribution in [0.5, 0.6) is 0 Å². The Morgan fingerprint density at radius 1 is 1.03 bits per heavy atom. The zero-order valence-corrected chi connectivity index (χ0v) is 19.7. The predicted octanol–water partition coefficient (Wildman–Crippen LogP) is 5.46. The van der Waals surface area contributed by atoms with Crippen molar-refractivity contribution in [3.8, 4) is 0 Å². The fourth-order valence-corrected chi connectivity index (χ4v) is 3.94. The van der Waals surface area contributed by atoms with Crippen LogP contribution in [-0.2, 0) is 16.1 Å². The molecule has 0 saturated heterocycles. The predicted molar refractivity (Wildman–Crippen MR) is 126 cm³/mol. The van der Waals surface area contributed by atoms with Crippen LogP contribution in [0.25, 0.3) is 0 Å². The summed E-state index contributed by atoms with van der Waals surface area (Å²) in [5.74, 6) is 0.706. The van der Waals surface area contributed by atoms with Gasteiger partial charge < -0.3 is 10.2 Å². The summed E-state index contributed by atoms with van der Waals surface area (Å²) in [6, 6.07) is 15.3. The minimum atomic E-state index is -0.523. The fourth-order valence-electron chi connectivity index (χ4n) is 2.97. The number of amides is 2. The van der Waals surface area contributed by atoms with Crippen molar-refractivity contribution in [2.45, 2.75) is 64.1 Å². The minimum Gasteiger partial charge on any atom is -0.352 e. The maximum absolute atomic E-state index is 13.0. The Hall–Kier alpha value is -1.98. The number of nitrogens with zero attached hydrogens (tertiary/aromatic N) is 1. The van der Waals surface area contributed by atoms with Crippen LogP contribution in [0, 0.1) is 6.92 Å². The van der Waals surface area contributed by atoms with E-state index in [2.05, 4.69) is 5.32 Å². The number of hydrogen-bond donors (Lipinski definition) is 1. The van der Waals surface area contributed by atoms with Gasteiger partial charge in [-0.2, -0.15) is 0 Å². The monoisotopic (exact) mass is 446 g/mol. The molecule has 0 fully saturated rings. The van der Waals surface area contributed by atoms with Crippen LogP contribution < -0.4 is 5.32 Å². The molecule has 0 saturated carbocycles. The third kappa shape index (κ3) is 8.04. The Balaban J connectivity index is 1.98. The maximum atomic E-state index is 13.0. The van der Waals surface area contributed by atoms with Crippen LogP contribution in [0.2, 0.25) is 5.02 Å². The smallest absolute Gasteiger partial charge is 0.242 e. The molecule has 0 aromatic heterocycles. The summed E-state index contributed by atoms with van der Waals surface area (Å²) in [4.78, 5) is 28.4. The molecule has 2 rings (SSSR count). The molecule has 0 bridgehead atoms. The van der Waals surface area contributed by atoms with E-state index in [9.17, 15) is 9.59 Å². The molecule has 4 nitrogen and oxygen atoms in total. The number of carbonyl (C=O) groups is 2. The Morgan fingerprint density at radius 2 is 1.67 bits per heavy atom. The highest BCUT2D eigenvalue weighted by Gasteiger charge is 2.26. The number of benzene rings is 2. The van der Waals surface area contributed by atoms with E-state index >= 15 is 0 Å². The molecule has 0 aliphatic heterocycles. The fraction of sp³-hybridized carbons (Fsp3) is 0.417.